The van der Waals surface area contributed by atoms with Crippen LogP contribution >= 0.6 is 11.8 Å². The fourth-order valence-electron chi connectivity index (χ4n) is 8.42. The summed E-state index contributed by atoms with van der Waals surface area (Å²) in [7, 11) is 3.16. The van der Waals surface area contributed by atoms with E-state index in [1.54, 1.807) is 34.7 Å². The van der Waals surface area contributed by atoms with Gasteiger partial charge in [-0.25, -0.2) is 4.42 Å². The van der Waals surface area contributed by atoms with Crippen molar-refractivity contribution in [3.8, 4) is 0 Å². The minimum absolute atomic E-state index is 0.0312. The van der Waals surface area contributed by atoms with Crippen LogP contribution in [0.25, 0.3) is 0 Å². The van der Waals surface area contributed by atoms with Crippen LogP contribution in [-0.2, 0) is 35.2 Å². The van der Waals surface area contributed by atoms with Crippen molar-refractivity contribution in [2.45, 2.75) is 156 Å². The van der Waals surface area contributed by atoms with E-state index in [4.69, 9.17) is 17.5 Å². The molecule has 2 aromatic carbocycles. The highest BCUT2D eigenvalue weighted by Gasteiger charge is 2.46. The molecule has 2 aromatic rings. The minimum Gasteiger partial charge on any atom is -0.399 e. The fraction of sp³-hybridized carbons (Fsp3) is 0.608. The second kappa shape index (κ2) is 25.5. The van der Waals surface area contributed by atoms with Gasteiger partial charge in [-0.05, 0) is 118 Å². The molecule has 1 fully saturated rings. The van der Waals surface area contributed by atoms with Crippen molar-refractivity contribution >= 4 is 64.7 Å². The summed E-state index contributed by atoms with van der Waals surface area (Å²) < 4.78 is 1.19. The van der Waals surface area contributed by atoms with Gasteiger partial charge in [-0.1, -0.05) is 72.7 Å². The van der Waals surface area contributed by atoms with E-state index in [9.17, 15) is 38.4 Å². The Bertz CT molecular complexity index is 2250. The third kappa shape index (κ3) is 15.9. The Labute approximate surface area is 424 Å². The number of nitrogens with one attached hydrogen (secondary N) is 8. The lowest BCUT2D eigenvalue weighted by Gasteiger charge is -2.36. The molecule has 0 bridgehead atoms. The number of likely N-dealkylation sites (N-methyl/N-ethyl adjacent to an activating group) is 2. The molecule has 1 saturated heterocycles. The van der Waals surface area contributed by atoms with Crippen molar-refractivity contribution in [3.63, 3.8) is 0 Å². The summed E-state index contributed by atoms with van der Waals surface area (Å²) in [4.78, 5) is 111. The van der Waals surface area contributed by atoms with Crippen molar-refractivity contribution < 1.29 is 38.4 Å². The average molecular weight is 1010 g/mol. The van der Waals surface area contributed by atoms with Gasteiger partial charge in [0, 0.05) is 49.0 Å². The molecule has 0 aromatic heterocycles. The first-order valence-corrected chi connectivity index (χ1v) is 25.0. The van der Waals surface area contributed by atoms with Gasteiger partial charge in [0.25, 0.3) is 11.8 Å². The molecule has 0 spiro atoms. The summed E-state index contributed by atoms with van der Waals surface area (Å²) in [6.07, 6.45) is 2.52. The van der Waals surface area contributed by atoms with Gasteiger partial charge in [-0.2, -0.15) is 0 Å². The topological polar surface area (TPSA) is 265 Å². The Balaban J connectivity index is 1.53. The lowest BCUT2D eigenvalue weighted by atomic mass is 9.85. The zero-order valence-electron chi connectivity index (χ0n) is 43.5. The molecular weight excluding hydrogens is 930 g/mol. The maximum absolute atomic E-state index is 14.6. The molecule has 10 N–H and O–H groups in total. The Hall–Kier alpha value is -5.79. The van der Waals surface area contributed by atoms with Crippen LogP contribution in [0, 0.1) is 17.3 Å². The average Bonchev–Trinajstić information content (AvgIpc) is 3.74. The number of hydrogen-bond acceptors (Lipinski definition) is 11. The normalized spacial score (nSPS) is 19.3. The third-order valence-electron chi connectivity index (χ3n) is 13.5. The molecule has 20 heteroatoms. The number of aryl methyl sites for hydroxylation is 1. The van der Waals surface area contributed by atoms with Gasteiger partial charge in [0.15, 0.2) is 0 Å². The van der Waals surface area contributed by atoms with E-state index in [0.717, 1.165) is 24.0 Å². The fourth-order valence-corrected chi connectivity index (χ4v) is 8.51. The molecule has 8 amide bonds. The van der Waals surface area contributed by atoms with E-state index < -0.39 is 83.2 Å². The Kier molecular flexibility index (Phi) is 20.8. The molecule has 0 radical (unpaired) electrons. The number of anilines is 1. The van der Waals surface area contributed by atoms with Crippen molar-refractivity contribution in [1.82, 2.24) is 51.9 Å². The third-order valence-corrected chi connectivity index (χ3v) is 13.8. The smallest absolute Gasteiger partial charge is 0.251 e. The summed E-state index contributed by atoms with van der Waals surface area (Å²) in [6.45, 7) is 17.8. The van der Waals surface area contributed by atoms with Crippen LogP contribution in [0.4, 0.5) is 5.69 Å². The van der Waals surface area contributed by atoms with Gasteiger partial charge in [0.05, 0.1) is 12.1 Å². The largest absolute Gasteiger partial charge is 0.399 e. The molecule has 1 heterocycles. The van der Waals surface area contributed by atoms with Crippen LogP contribution in [-0.4, -0.2) is 132 Å². The maximum Gasteiger partial charge on any atom is 0.251 e. The number of nitrogens with zero attached hydrogens (tertiary/aromatic N) is 2. The highest BCUT2D eigenvalue weighted by molar-refractivity contribution is 6.14. The SMILES string of the molecule is CN[C@@H](C)C(=O)N[C@H](C(=O)N1C[C@@H](NC(=O)c2cc(N)cc(C(=O)NCC[C@H](NC(=O)[C@@H](NC(=O)[C@H](C)N(C)Cl)C(C)C)C(=O)N[C@H](C)C(C)C)c2)C[C@H]1C(=O)N[C@@H]1CCCc2ccccc21)C(C)(C)C. The first kappa shape index (κ1) is 57.8. The molecule has 4 rings (SSSR count). The number of fused-ring (bicyclic) bond motifs is 1. The minimum atomic E-state index is -1.11. The summed E-state index contributed by atoms with van der Waals surface area (Å²) >= 11 is 5.99. The number of halogens is 1. The van der Waals surface area contributed by atoms with E-state index in [1.807, 2.05) is 65.8 Å². The first-order chi connectivity index (χ1) is 33.2. The van der Waals surface area contributed by atoms with E-state index in [0.29, 0.717) is 6.42 Å². The van der Waals surface area contributed by atoms with Gasteiger partial charge < -0.3 is 53.2 Å². The Morgan fingerprint density at radius 3 is 2.06 bits per heavy atom. The summed E-state index contributed by atoms with van der Waals surface area (Å²) in [5, 5.41) is 23.1. The lowest BCUT2D eigenvalue weighted by Crippen LogP contribution is -2.59. The highest BCUT2D eigenvalue weighted by Crippen LogP contribution is 2.32. The quantitative estimate of drug-likeness (QED) is 0.0649. The summed E-state index contributed by atoms with van der Waals surface area (Å²) in [5.41, 5.74) is 7.87. The van der Waals surface area contributed by atoms with Gasteiger partial charge in [-0.3, -0.25) is 38.4 Å². The zero-order valence-corrected chi connectivity index (χ0v) is 44.2. The number of carbonyl (C=O) groups is 8. The molecule has 392 valence electrons. The number of nitrogen functional groups attached to an aromatic ring is 1. The monoisotopic (exact) mass is 1010 g/mol. The van der Waals surface area contributed by atoms with E-state index in [2.05, 4.69) is 42.5 Å². The van der Waals surface area contributed by atoms with Crippen LogP contribution in [0.1, 0.15) is 133 Å². The summed E-state index contributed by atoms with van der Waals surface area (Å²) in [5.74, 6) is -4.28. The predicted molar refractivity (Wildman–Crippen MR) is 274 cm³/mol. The molecule has 0 unspecified atom stereocenters. The van der Waals surface area contributed by atoms with E-state index in [1.165, 1.54) is 34.6 Å². The molecule has 0 saturated carbocycles. The van der Waals surface area contributed by atoms with Gasteiger partial charge in [-0.15, -0.1) is 0 Å². The molecule has 71 heavy (non-hydrogen) atoms. The number of nitrogens with two attached hydrogens (primary N) is 1. The van der Waals surface area contributed by atoms with E-state index >= 15 is 0 Å². The second-order valence-corrected chi connectivity index (χ2v) is 21.3. The number of rotatable bonds is 21. The number of hydrogen-bond donors (Lipinski definition) is 9. The van der Waals surface area contributed by atoms with Crippen LogP contribution in [0.5, 0.6) is 0 Å². The maximum atomic E-state index is 14.6. The molecule has 9 atom stereocenters. The molecule has 2 aliphatic rings. The second-order valence-electron chi connectivity index (χ2n) is 20.8. The molecule has 1 aliphatic heterocycles. The standard InChI is InChI=1S/C51H78ClN11O8/c1-27(2)29(5)56-47(68)39(59-49(70)41(28(3)4)60-44(65)31(7)62(12)52)20-21-55-45(66)33-22-34(24-35(53)23-33)46(67)57-36-25-40(48(69)58-38-19-15-17-32-16-13-14-18-37(32)38)63(26-36)50(71)42(51(8,9)10)61-43(64)30(6)54-11/h13-14,16,18,22-24,27-31,36,38-42,54H,15,17,19-21,25-26,53H2,1-12H3,(H,55,66)(H,56,68)(H,57,67)(H,58,69)(H,59,70)(H,60,65)(H,61,64)/t29-,30+,31+,36+,38-,39+,40+,41+,42-/m1/s1. The van der Waals surface area contributed by atoms with Crippen LogP contribution < -0.4 is 48.3 Å². The van der Waals surface area contributed by atoms with Gasteiger partial charge >= 0.3 is 0 Å². The lowest BCUT2D eigenvalue weighted by molar-refractivity contribution is -0.144. The zero-order chi connectivity index (χ0) is 53.1. The summed E-state index contributed by atoms with van der Waals surface area (Å²) in [6, 6.07) is 5.43. The Morgan fingerprint density at radius 2 is 1.45 bits per heavy atom. The number of benzene rings is 2. The first-order valence-electron chi connectivity index (χ1n) is 24.7. The van der Waals surface area contributed by atoms with Crippen LogP contribution in [0.2, 0.25) is 0 Å². The Morgan fingerprint density at radius 1 is 0.803 bits per heavy atom. The number of amides is 8. The number of carbonyl (C=O) groups excluding carboxylic acids is 8. The number of likely N-dealkylation sites (tertiary alicyclic amines) is 1. The van der Waals surface area contributed by atoms with Crippen LogP contribution in [0.3, 0.4) is 0 Å². The van der Waals surface area contributed by atoms with E-state index in [-0.39, 0.29) is 78.5 Å². The van der Waals surface area contributed by atoms with Crippen molar-refractivity contribution in [1.29, 1.82) is 0 Å². The van der Waals surface area contributed by atoms with Crippen LogP contribution in [0.15, 0.2) is 42.5 Å². The van der Waals surface area contributed by atoms with Crippen molar-refractivity contribution in [2.75, 3.05) is 32.9 Å². The van der Waals surface area contributed by atoms with Gasteiger partial charge in [0.1, 0.15) is 30.2 Å². The predicted octanol–water partition coefficient (Wildman–Crippen LogP) is 2.68. The molecular formula is C51H78ClN11O8. The molecule has 19 nitrogen and oxygen atoms in total. The highest BCUT2D eigenvalue weighted by atomic mass is 35.5. The van der Waals surface area contributed by atoms with Gasteiger partial charge in [0.2, 0.25) is 35.4 Å². The molecule has 1 aliphatic carbocycles. The van der Waals surface area contributed by atoms with Crippen molar-refractivity contribution in [2.24, 2.45) is 17.3 Å². The van der Waals surface area contributed by atoms with Crippen molar-refractivity contribution in [3.05, 3.63) is 64.7 Å².